The molecule has 0 saturated carbocycles. The Hall–Kier alpha value is -2.56. The lowest BCUT2D eigenvalue weighted by atomic mass is 10.3. The molecule has 32 heavy (non-hydrogen) atoms. The SMILES string of the molecule is O=C(CN1CCCN(C(=S)Nc2ccc(OC(F)(F)F)cc2)CC1)Nc1ccccc1Cl. The fraction of sp³-hybridized carbons (Fsp3) is 0.333. The van der Waals surface area contributed by atoms with E-state index in [0.717, 1.165) is 13.0 Å². The molecule has 1 amide bonds. The van der Waals surface area contributed by atoms with Crippen LogP contribution in [0.5, 0.6) is 5.75 Å². The highest BCUT2D eigenvalue weighted by Gasteiger charge is 2.31. The van der Waals surface area contributed by atoms with Gasteiger partial charge >= 0.3 is 6.36 Å². The molecule has 1 aliphatic heterocycles. The molecule has 0 aliphatic carbocycles. The van der Waals surface area contributed by atoms with Crippen molar-refractivity contribution in [1.29, 1.82) is 0 Å². The Morgan fingerprint density at radius 2 is 1.75 bits per heavy atom. The first-order valence-corrected chi connectivity index (χ1v) is 10.7. The summed E-state index contributed by atoms with van der Waals surface area (Å²) in [5.41, 5.74) is 1.14. The van der Waals surface area contributed by atoms with Crippen molar-refractivity contribution >= 4 is 46.2 Å². The van der Waals surface area contributed by atoms with Crippen LogP contribution in [-0.4, -0.2) is 59.9 Å². The number of hydrogen-bond donors (Lipinski definition) is 2. The van der Waals surface area contributed by atoms with Crippen LogP contribution in [0.2, 0.25) is 5.02 Å². The summed E-state index contributed by atoms with van der Waals surface area (Å²) in [7, 11) is 0. The number of carbonyl (C=O) groups is 1. The van der Waals surface area contributed by atoms with Gasteiger partial charge < -0.3 is 20.3 Å². The smallest absolute Gasteiger partial charge is 0.406 e. The van der Waals surface area contributed by atoms with Crippen molar-refractivity contribution < 1.29 is 22.7 Å². The van der Waals surface area contributed by atoms with Gasteiger partial charge in [-0.25, -0.2) is 0 Å². The Bertz CT molecular complexity index is 943. The van der Waals surface area contributed by atoms with Gasteiger partial charge in [0.2, 0.25) is 5.91 Å². The predicted octanol–water partition coefficient (Wildman–Crippen LogP) is 4.58. The third kappa shape index (κ3) is 7.54. The molecule has 0 spiro atoms. The minimum atomic E-state index is -4.73. The Morgan fingerprint density at radius 3 is 2.44 bits per heavy atom. The Kier molecular flexibility index (Phi) is 8.16. The second kappa shape index (κ2) is 10.8. The molecule has 1 saturated heterocycles. The van der Waals surface area contributed by atoms with E-state index in [1.54, 1.807) is 24.3 Å². The number of nitrogens with zero attached hydrogens (tertiary/aromatic N) is 2. The van der Waals surface area contributed by atoms with E-state index >= 15 is 0 Å². The van der Waals surface area contributed by atoms with Gasteiger partial charge in [-0.05, 0) is 55.0 Å². The number of rotatable bonds is 5. The molecule has 0 radical (unpaired) electrons. The number of ether oxygens (including phenoxy) is 1. The van der Waals surface area contributed by atoms with Gasteiger partial charge in [0, 0.05) is 31.9 Å². The highest BCUT2D eigenvalue weighted by Crippen LogP contribution is 2.24. The van der Waals surface area contributed by atoms with Crippen molar-refractivity contribution in [2.75, 3.05) is 43.4 Å². The van der Waals surface area contributed by atoms with Crippen molar-refractivity contribution in [3.63, 3.8) is 0 Å². The van der Waals surface area contributed by atoms with Crippen LogP contribution in [0, 0.1) is 0 Å². The zero-order valence-corrected chi connectivity index (χ0v) is 18.6. The number of benzene rings is 2. The van der Waals surface area contributed by atoms with Crippen molar-refractivity contribution in [2.24, 2.45) is 0 Å². The number of thiocarbonyl (C=S) groups is 1. The van der Waals surface area contributed by atoms with E-state index in [4.69, 9.17) is 23.8 Å². The molecule has 1 aliphatic rings. The maximum Gasteiger partial charge on any atom is 0.573 e. The monoisotopic (exact) mass is 486 g/mol. The lowest BCUT2D eigenvalue weighted by Gasteiger charge is -2.24. The molecule has 0 unspecified atom stereocenters. The molecule has 6 nitrogen and oxygen atoms in total. The van der Waals surface area contributed by atoms with Gasteiger partial charge in [-0.3, -0.25) is 9.69 Å². The second-order valence-electron chi connectivity index (χ2n) is 7.15. The summed E-state index contributed by atoms with van der Waals surface area (Å²) in [6.07, 6.45) is -3.92. The zero-order chi connectivity index (χ0) is 23.1. The first-order valence-electron chi connectivity index (χ1n) is 9.88. The fourth-order valence-electron chi connectivity index (χ4n) is 3.23. The molecular weight excluding hydrogens is 465 g/mol. The number of para-hydroxylation sites is 1. The number of hydrogen-bond acceptors (Lipinski definition) is 4. The molecule has 2 aromatic carbocycles. The minimum absolute atomic E-state index is 0.145. The summed E-state index contributed by atoms with van der Waals surface area (Å²) in [6.45, 7) is 2.92. The summed E-state index contributed by atoms with van der Waals surface area (Å²) in [5, 5.41) is 6.80. The van der Waals surface area contributed by atoms with Gasteiger partial charge in [0.05, 0.1) is 17.3 Å². The summed E-state index contributed by atoms with van der Waals surface area (Å²) < 4.78 is 40.7. The van der Waals surface area contributed by atoms with Crippen LogP contribution in [0.1, 0.15) is 6.42 Å². The molecule has 0 bridgehead atoms. The van der Waals surface area contributed by atoms with Gasteiger partial charge in [-0.1, -0.05) is 23.7 Å². The predicted molar refractivity (Wildman–Crippen MR) is 122 cm³/mol. The molecule has 1 fully saturated rings. The summed E-state index contributed by atoms with van der Waals surface area (Å²) >= 11 is 11.5. The Balaban J connectivity index is 1.47. The molecule has 3 rings (SSSR count). The molecule has 11 heteroatoms. The van der Waals surface area contributed by atoms with Crippen LogP contribution in [0.25, 0.3) is 0 Å². The molecule has 1 heterocycles. The maximum absolute atomic E-state index is 12.4. The summed E-state index contributed by atoms with van der Waals surface area (Å²) in [6, 6.07) is 12.4. The number of anilines is 2. The number of nitrogens with one attached hydrogen (secondary N) is 2. The summed E-state index contributed by atoms with van der Waals surface area (Å²) in [5.74, 6) is -0.442. The molecular formula is C21H22ClF3N4O2S. The number of halogens is 4. The van der Waals surface area contributed by atoms with Crippen molar-refractivity contribution in [1.82, 2.24) is 9.80 Å². The van der Waals surface area contributed by atoms with E-state index in [9.17, 15) is 18.0 Å². The van der Waals surface area contributed by atoms with E-state index in [1.807, 2.05) is 9.80 Å². The van der Waals surface area contributed by atoms with Gasteiger partial charge in [-0.15, -0.1) is 13.2 Å². The largest absolute Gasteiger partial charge is 0.573 e. The average molecular weight is 487 g/mol. The van der Waals surface area contributed by atoms with E-state index in [2.05, 4.69) is 15.4 Å². The van der Waals surface area contributed by atoms with Crippen LogP contribution < -0.4 is 15.4 Å². The van der Waals surface area contributed by atoms with E-state index < -0.39 is 6.36 Å². The van der Waals surface area contributed by atoms with E-state index in [-0.39, 0.29) is 18.2 Å². The average Bonchev–Trinajstić information content (AvgIpc) is 2.96. The molecule has 2 aromatic rings. The van der Waals surface area contributed by atoms with Gasteiger partial charge in [0.1, 0.15) is 5.75 Å². The van der Waals surface area contributed by atoms with Crippen molar-refractivity contribution in [3.8, 4) is 5.75 Å². The maximum atomic E-state index is 12.4. The molecule has 0 atom stereocenters. The molecule has 172 valence electrons. The normalized spacial score (nSPS) is 15.1. The zero-order valence-electron chi connectivity index (χ0n) is 17.0. The third-order valence-electron chi connectivity index (χ3n) is 4.73. The highest BCUT2D eigenvalue weighted by molar-refractivity contribution is 7.80. The lowest BCUT2D eigenvalue weighted by Crippen LogP contribution is -2.39. The van der Waals surface area contributed by atoms with Crippen LogP contribution >= 0.6 is 23.8 Å². The first-order chi connectivity index (χ1) is 15.2. The van der Waals surface area contributed by atoms with E-state index in [1.165, 1.54) is 24.3 Å². The molecule has 2 N–H and O–H groups in total. The quantitative estimate of drug-likeness (QED) is 0.603. The molecule has 0 aromatic heterocycles. The van der Waals surface area contributed by atoms with Crippen LogP contribution in [0.15, 0.2) is 48.5 Å². The first kappa shape index (κ1) is 24.1. The lowest BCUT2D eigenvalue weighted by molar-refractivity contribution is -0.274. The topological polar surface area (TPSA) is 56.8 Å². The highest BCUT2D eigenvalue weighted by atomic mass is 35.5. The number of amides is 1. The van der Waals surface area contributed by atoms with Gasteiger partial charge in [-0.2, -0.15) is 0 Å². The second-order valence-corrected chi connectivity index (χ2v) is 7.94. The van der Waals surface area contributed by atoms with Crippen LogP contribution in [0.4, 0.5) is 24.5 Å². The van der Waals surface area contributed by atoms with Crippen molar-refractivity contribution in [3.05, 3.63) is 53.6 Å². The number of carbonyl (C=O) groups excluding carboxylic acids is 1. The standard InChI is InChI=1S/C21H22ClF3N4O2S/c22-17-4-1-2-5-18(17)27-19(30)14-28-10-3-11-29(13-12-28)20(32)26-15-6-8-16(9-7-15)31-21(23,24)25/h1-2,4-9H,3,10-14H2,(H,26,32)(H,27,30). The van der Waals surface area contributed by atoms with Crippen LogP contribution in [0.3, 0.4) is 0 Å². The van der Waals surface area contributed by atoms with E-state index in [0.29, 0.717) is 41.1 Å². The Labute approximate surface area is 194 Å². The van der Waals surface area contributed by atoms with Crippen LogP contribution in [-0.2, 0) is 4.79 Å². The van der Waals surface area contributed by atoms with Crippen molar-refractivity contribution in [2.45, 2.75) is 12.8 Å². The minimum Gasteiger partial charge on any atom is -0.406 e. The Morgan fingerprint density at radius 1 is 1.03 bits per heavy atom. The third-order valence-corrected chi connectivity index (χ3v) is 5.42. The fourth-order valence-corrected chi connectivity index (χ4v) is 3.71. The van der Waals surface area contributed by atoms with Gasteiger partial charge in [0.25, 0.3) is 0 Å². The van der Waals surface area contributed by atoms with Gasteiger partial charge in [0.15, 0.2) is 5.11 Å². The number of alkyl halides is 3. The summed E-state index contributed by atoms with van der Waals surface area (Å²) in [4.78, 5) is 16.4.